The Morgan fingerprint density at radius 3 is 2.50 bits per heavy atom. The van der Waals surface area contributed by atoms with Gasteiger partial charge in [0.05, 0.1) is 0 Å². The molecule has 30 heavy (non-hydrogen) atoms. The molecule has 0 fully saturated rings. The number of allylic oxidation sites excluding steroid dienone is 5. The van der Waals surface area contributed by atoms with Crippen molar-refractivity contribution in [3.63, 3.8) is 0 Å². The molecule has 1 aromatic carbocycles. The molecular weight excluding hydrogens is 374 g/mol. The summed E-state index contributed by atoms with van der Waals surface area (Å²) in [7, 11) is 0. The minimum absolute atomic E-state index is 0.0164. The van der Waals surface area contributed by atoms with E-state index in [2.05, 4.69) is 49.5 Å². The molecule has 0 bridgehead atoms. The van der Waals surface area contributed by atoms with Crippen molar-refractivity contribution in [2.45, 2.75) is 65.2 Å². The second-order valence-corrected chi connectivity index (χ2v) is 8.12. The SMILES string of the molecule is CC(C)CNC(=O)C=CC=CCCCCCCC=CCCc1ccc2c(c1)OCO2. The molecule has 0 radical (unpaired) electrons. The van der Waals surface area contributed by atoms with Gasteiger partial charge in [-0.05, 0) is 62.1 Å². The monoisotopic (exact) mass is 411 g/mol. The Hall–Kier alpha value is -2.49. The van der Waals surface area contributed by atoms with Crippen LogP contribution in [0.3, 0.4) is 0 Å². The predicted octanol–water partition coefficient (Wildman–Crippen LogP) is 6.13. The number of carbonyl (C=O) groups is 1. The van der Waals surface area contributed by atoms with Gasteiger partial charge < -0.3 is 14.8 Å². The molecule has 0 atom stereocenters. The fourth-order valence-electron chi connectivity index (χ4n) is 3.14. The van der Waals surface area contributed by atoms with Gasteiger partial charge in [-0.3, -0.25) is 4.79 Å². The standard InChI is InChI=1S/C26H37NO3/c1-22(2)20-27-26(28)16-14-12-10-8-6-4-3-5-7-9-11-13-15-23-17-18-24-25(19-23)30-21-29-24/h9-12,14,16-19,22H,3-8,13,15,20-21H2,1-2H3,(H,27,28). The number of unbranched alkanes of at least 4 members (excludes halogenated alkanes) is 5. The number of amides is 1. The van der Waals surface area contributed by atoms with Crippen molar-refractivity contribution < 1.29 is 14.3 Å². The molecule has 1 aromatic rings. The molecule has 0 saturated heterocycles. The highest BCUT2D eigenvalue weighted by molar-refractivity contribution is 5.87. The zero-order valence-electron chi connectivity index (χ0n) is 18.6. The summed E-state index contributed by atoms with van der Waals surface area (Å²) in [6, 6.07) is 6.20. The molecule has 0 spiro atoms. The normalized spacial score (nSPS) is 13.3. The summed E-state index contributed by atoms with van der Waals surface area (Å²) < 4.78 is 10.8. The Bertz CT molecular complexity index is 719. The third-order valence-corrected chi connectivity index (χ3v) is 4.87. The minimum atomic E-state index is -0.0164. The van der Waals surface area contributed by atoms with Crippen molar-refractivity contribution in [2.75, 3.05) is 13.3 Å². The Morgan fingerprint density at radius 1 is 0.967 bits per heavy atom. The predicted molar refractivity (Wildman–Crippen MR) is 124 cm³/mol. The Morgan fingerprint density at radius 2 is 1.70 bits per heavy atom. The number of rotatable bonds is 14. The van der Waals surface area contributed by atoms with E-state index in [9.17, 15) is 4.79 Å². The Kier molecular flexibility index (Phi) is 11.5. The molecule has 1 heterocycles. The summed E-state index contributed by atoms with van der Waals surface area (Å²) in [5, 5.41) is 2.87. The van der Waals surface area contributed by atoms with Crippen LogP contribution in [0.5, 0.6) is 11.5 Å². The van der Waals surface area contributed by atoms with Gasteiger partial charge in [0.2, 0.25) is 12.7 Å². The van der Waals surface area contributed by atoms with Gasteiger partial charge in [-0.1, -0.05) is 63.1 Å². The highest BCUT2D eigenvalue weighted by atomic mass is 16.7. The molecule has 1 aliphatic heterocycles. The topological polar surface area (TPSA) is 47.6 Å². The third kappa shape index (κ3) is 10.3. The molecule has 1 N–H and O–H groups in total. The van der Waals surface area contributed by atoms with Crippen LogP contribution in [0.15, 0.2) is 54.7 Å². The smallest absolute Gasteiger partial charge is 0.243 e. The molecule has 0 saturated carbocycles. The molecule has 4 nitrogen and oxygen atoms in total. The van der Waals surface area contributed by atoms with E-state index >= 15 is 0 Å². The summed E-state index contributed by atoms with van der Waals surface area (Å²) in [6.07, 6.45) is 21.4. The quantitative estimate of drug-likeness (QED) is 0.173. The first kappa shape index (κ1) is 23.8. The van der Waals surface area contributed by atoms with Crippen LogP contribution in [0.25, 0.3) is 0 Å². The number of hydrogen-bond donors (Lipinski definition) is 1. The first-order valence-electron chi connectivity index (χ1n) is 11.3. The molecule has 4 heteroatoms. The fourth-order valence-corrected chi connectivity index (χ4v) is 3.14. The van der Waals surface area contributed by atoms with Crippen LogP contribution in [-0.4, -0.2) is 19.2 Å². The summed E-state index contributed by atoms with van der Waals surface area (Å²) in [4.78, 5) is 11.5. The molecule has 0 aromatic heterocycles. The van der Waals surface area contributed by atoms with Gasteiger partial charge in [0.15, 0.2) is 11.5 Å². The van der Waals surface area contributed by atoms with Crippen LogP contribution in [0.4, 0.5) is 0 Å². The summed E-state index contributed by atoms with van der Waals surface area (Å²) in [5.41, 5.74) is 1.29. The lowest BCUT2D eigenvalue weighted by molar-refractivity contribution is -0.116. The fraction of sp³-hybridized carbons (Fsp3) is 0.500. The number of benzene rings is 1. The average molecular weight is 412 g/mol. The largest absolute Gasteiger partial charge is 0.454 e. The van der Waals surface area contributed by atoms with Crippen LogP contribution in [-0.2, 0) is 11.2 Å². The maximum absolute atomic E-state index is 11.5. The van der Waals surface area contributed by atoms with Crippen molar-refractivity contribution in [1.82, 2.24) is 5.32 Å². The summed E-state index contributed by atoms with van der Waals surface area (Å²) in [5.74, 6) is 2.19. The highest BCUT2D eigenvalue weighted by Gasteiger charge is 2.12. The van der Waals surface area contributed by atoms with Gasteiger partial charge in [-0.25, -0.2) is 0 Å². The number of aryl methyl sites for hydroxylation is 1. The second kappa shape index (κ2) is 14.5. The number of nitrogens with one attached hydrogen (secondary N) is 1. The molecule has 0 aliphatic carbocycles. The van der Waals surface area contributed by atoms with Gasteiger partial charge in [0.25, 0.3) is 0 Å². The van der Waals surface area contributed by atoms with Crippen molar-refractivity contribution in [3.8, 4) is 11.5 Å². The first-order valence-corrected chi connectivity index (χ1v) is 11.3. The lowest BCUT2D eigenvalue weighted by Gasteiger charge is -2.03. The van der Waals surface area contributed by atoms with E-state index in [1.54, 1.807) is 6.08 Å². The van der Waals surface area contributed by atoms with Gasteiger partial charge in [-0.2, -0.15) is 0 Å². The molecular formula is C26H37NO3. The van der Waals surface area contributed by atoms with Gasteiger partial charge in [0.1, 0.15) is 0 Å². The Balaban J connectivity index is 1.41. The van der Waals surface area contributed by atoms with Crippen LogP contribution in [0, 0.1) is 5.92 Å². The second-order valence-electron chi connectivity index (χ2n) is 8.12. The van der Waals surface area contributed by atoms with E-state index in [0.29, 0.717) is 12.7 Å². The van der Waals surface area contributed by atoms with Crippen LogP contribution >= 0.6 is 0 Å². The lowest BCUT2D eigenvalue weighted by atomic mass is 10.1. The van der Waals surface area contributed by atoms with Crippen LogP contribution in [0.1, 0.15) is 64.4 Å². The summed E-state index contributed by atoms with van der Waals surface area (Å²) in [6.45, 7) is 5.23. The van der Waals surface area contributed by atoms with Gasteiger partial charge in [-0.15, -0.1) is 0 Å². The third-order valence-electron chi connectivity index (χ3n) is 4.87. The van der Waals surface area contributed by atoms with Crippen LogP contribution in [0.2, 0.25) is 0 Å². The molecule has 0 unspecified atom stereocenters. The Labute approximate surface area is 182 Å². The van der Waals surface area contributed by atoms with Gasteiger partial charge in [0, 0.05) is 12.6 Å². The number of hydrogen-bond acceptors (Lipinski definition) is 3. The van der Waals surface area contributed by atoms with E-state index in [1.807, 2.05) is 18.2 Å². The van der Waals surface area contributed by atoms with E-state index < -0.39 is 0 Å². The van der Waals surface area contributed by atoms with E-state index in [0.717, 1.165) is 43.7 Å². The number of ether oxygens (including phenoxy) is 2. The molecule has 2 rings (SSSR count). The number of carbonyl (C=O) groups excluding carboxylic acids is 1. The van der Waals surface area contributed by atoms with E-state index in [-0.39, 0.29) is 5.91 Å². The van der Waals surface area contributed by atoms with E-state index in [1.165, 1.54) is 31.2 Å². The summed E-state index contributed by atoms with van der Waals surface area (Å²) >= 11 is 0. The number of fused-ring (bicyclic) bond motifs is 1. The zero-order valence-corrected chi connectivity index (χ0v) is 18.6. The van der Waals surface area contributed by atoms with Crippen molar-refractivity contribution >= 4 is 5.91 Å². The molecule has 1 amide bonds. The maximum Gasteiger partial charge on any atom is 0.243 e. The lowest BCUT2D eigenvalue weighted by Crippen LogP contribution is -2.25. The van der Waals surface area contributed by atoms with E-state index in [4.69, 9.17) is 9.47 Å². The highest BCUT2D eigenvalue weighted by Crippen LogP contribution is 2.32. The zero-order chi connectivity index (χ0) is 21.4. The van der Waals surface area contributed by atoms with Crippen molar-refractivity contribution in [1.29, 1.82) is 0 Å². The maximum atomic E-state index is 11.5. The molecule has 1 aliphatic rings. The van der Waals surface area contributed by atoms with Gasteiger partial charge >= 0.3 is 0 Å². The molecule has 164 valence electrons. The van der Waals surface area contributed by atoms with Crippen LogP contribution < -0.4 is 14.8 Å². The van der Waals surface area contributed by atoms with Crippen molar-refractivity contribution in [2.24, 2.45) is 5.92 Å². The minimum Gasteiger partial charge on any atom is -0.454 e. The average Bonchev–Trinajstić information content (AvgIpc) is 3.20. The first-order chi connectivity index (χ1) is 14.6. The van der Waals surface area contributed by atoms with Crippen molar-refractivity contribution in [3.05, 3.63) is 60.2 Å².